The zero-order chi connectivity index (χ0) is 11.0. The third-order valence-corrected chi connectivity index (χ3v) is 2.27. The van der Waals surface area contributed by atoms with Gasteiger partial charge in [-0.15, -0.1) is 0 Å². The van der Waals surface area contributed by atoms with Crippen LogP contribution in [0.2, 0.25) is 0 Å². The summed E-state index contributed by atoms with van der Waals surface area (Å²) in [5, 5.41) is 0.298. The van der Waals surface area contributed by atoms with E-state index in [0.29, 0.717) is 5.39 Å². The number of fused-ring (bicyclic) bond motifs is 1. The van der Waals surface area contributed by atoms with Crippen molar-refractivity contribution in [1.29, 1.82) is 0 Å². The average Bonchev–Trinajstić information content (AvgIpc) is 2.59. The highest BCUT2D eigenvalue weighted by atomic mass is 19.1. The number of nitrogens with two attached hydrogens (primary N) is 1. The van der Waals surface area contributed by atoms with Crippen molar-refractivity contribution < 1.29 is 13.2 Å². The van der Waals surface area contributed by atoms with Crippen LogP contribution in [0.1, 0.15) is 12.5 Å². The molecule has 0 aliphatic rings. The minimum atomic E-state index is -0.604. The Morgan fingerprint density at radius 3 is 2.87 bits per heavy atom. The van der Waals surface area contributed by atoms with Gasteiger partial charge in [-0.05, 0) is 19.4 Å². The molecule has 0 fully saturated rings. The molecule has 1 aromatic carbocycles. The molecule has 1 atom stereocenters. The van der Waals surface area contributed by atoms with Gasteiger partial charge in [0.25, 0.3) is 0 Å². The van der Waals surface area contributed by atoms with Gasteiger partial charge in [-0.25, -0.2) is 8.78 Å². The fourth-order valence-corrected chi connectivity index (χ4v) is 1.59. The maximum Gasteiger partial charge on any atom is 0.140 e. The Hall–Kier alpha value is -1.42. The van der Waals surface area contributed by atoms with Crippen LogP contribution in [0.15, 0.2) is 22.8 Å². The standard InChI is InChI=1S/C11H11F2NO/c1-6(14)4-8-9(12)5-10-7(11(8)13)2-3-15-10/h2-3,5-6H,4,14H2,1H3. The first-order valence-electron chi connectivity index (χ1n) is 4.69. The molecule has 2 rings (SSSR count). The molecule has 15 heavy (non-hydrogen) atoms. The van der Waals surface area contributed by atoms with Gasteiger partial charge >= 0.3 is 0 Å². The highest BCUT2D eigenvalue weighted by Crippen LogP contribution is 2.25. The third kappa shape index (κ3) is 1.72. The Labute approximate surface area is 85.7 Å². The Morgan fingerprint density at radius 2 is 2.20 bits per heavy atom. The van der Waals surface area contributed by atoms with Crippen LogP contribution in [0.4, 0.5) is 8.78 Å². The highest BCUT2D eigenvalue weighted by molar-refractivity contribution is 5.78. The normalized spacial score (nSPS) is 13.3. The van der Waals surface area contributed by atoms with Crippen LogP contribution in [-0.2, 0) is 6.42 Å². The van der Waals surface area contributed by atoms with Gasteiger partial charge in [-0.3, -0.25) is 0 Å². The van der Waals surface area contributed by atoms with Crippen LogP contribution >= 0.6 is 0 Å². The number of furan rings is 1. The molecule has 0 aliphatic carbocycles. The van der Waals surface area contributed by atoms with Crippen molar-refractivity contribution in [1.82, 2.24) is 0 Å². The topological polar surface area (TPSA) is 39.2 Å². The zero-order valence-corrected chi connectivity index (χ0v) is 8.26. The predicted molar refractivity (Wildman–Crippen MR) is 53.5 cm³/mol. The molecule has 1 aromatic heterocycles. The van der Waals surface area contributed by atoms with Crippen molar-refractivity contribution in [2.24, 2.45) is 5.73 Å². The molecule has 0 radical (unpaired) electrons. The van der Waals surface area contributed by atoms with Gasteiger partial charge in [0, 0.05) is 17.7 Å². The van der Waals surface area contributed by atoms with Gasteiger partial charge in [0.2, 0.25) is 0 Å². The summed E-state index contributed by atoms with van der Waals surface area (Å²) in [5.74, 6) is -1.18. The lowest BCUT2D eigenvalue weighted by Crippen LogP contribution is -2.19. The predicted octanol–water partition coefficient (Wildman–Crippen LogP) is 2.60. The van der Waals surface area contributed by atoms with E-state index in [2.05, 4.69) is 0 Å². The summed E-state index contributed by atoms with van der Waals surface area (Å²) in [4.78, 5) is 0. The van der Waals surface area contributed by atoms with E-state index in [9.17, 15) is 8.78 Å². The van der Waals surface area contributed by atoms with E-state index in [1.807, 2.05) is 0 Å². The van der Waals surface area contributed by atoms with Crippen molar-refractivity contribution in [2.45, 2.75) is 19.4 Å². The number of hydrogen-bond donors (Lipinski definition) is 1. The lowest BCUT2D eigenvalue weighted by molar-refractivity contribution is 0.543. The second-order valence-electron chi connectivity index (χ2n) is 3.66. The zero-order valence-electron chi connectivity index (χ0n) is 8.26. The smallest absolute Gasteiger partial charge is 0.140 e. The van der Waals surface area contributed by atoms with E-state index in [1.165, 1.54) is 18.4 Å². The number of hydrogen-bond acceptors (Lipinski definition) is 2. The quantitative estimate of drug-likeness (QED) is 0.829. The molecular formula is C11H11F2NO. The first-order chi connectivity index (χ1) is 7.09. The molecule has 2 nitrogen and oxygen atoms in total. The van der Waals surface area contributed by atoms with E-state index in [4.69, 9.17) is 10.2 Å². The molecular weight excluding hydrogens is 200 g/mol. The largest absolute Gasteiger partial charge is 0.464 e. The maximum atomic E-state index is 13.8. The van der Waals surface area contributed by atoms with Crippen LogP contribution < -0.4 is 5.73 Å². The molecule has 2 N–H and O–H groups in total. The minimum Gasteiger partial charge on any atom is -0.464 e. The third-order valence-electron chi connectivity index (χ3n) is 2.27. The first kappa shape index (κ1) is 10.1. The molecule has 80 valence electrons. The minimum absolute atomic E-state index is 0.0268. The molecule has 2 aromatic rings. The summed E-state index contributed by atoms with van der Waals surface area (Å²) in [6.45, 7) is 1.71. The molecule has 0 amide bonds. The summed E-state index contributed by atoms with van der Waals surface area (Å²) in [6.07, 6.45) is 1.52. The summed E-state index contributed by atoms with van der Waals surface area (Å²) in [6, 6.07) is 2.39. The van der Waals surface area contributed by atoms with Gasteiger partial charge in [0.1, 0.15) is 17.2 Å². The van der Waals surface area contributed by atoms with E-state index in [0.717, 1.165) is 0 Å². The van der Waals surface area contributed by atoms with Gasteiger partial charge in [0.15, 0.2) is 0 Å². The number of benzene rings is 1. The SMILES string of the molecule is CC(N)Cc1c(F)cc2occc2c1F. The van der Waals surface area contributed by atoms with E-state index < -0.39 is 11.6 Å². The second kappa shape index (κ2) is 3.62. The second-order valence-corrected chi connectivity index (χ2v) is 3.66. The van der Waals surface area contributed by atoms with Crippen LogP contribution in [0, 0.1) is 11.6 Å². The molecule has 0 bridgehead atoms. The van der Waals surface area contributed by atoms with E-state index >= 15 is 0 Å². The molecule has 0 saturated carbocycles. The molecule has 0 aliphatic heterocycles. The van der Waals surface area contributed by atoms with Crippen molar-refractivity contribution >= 4 is 11.0 Å². The van der Waals surface area contributed by atoms with Crippen LogP contribution in [0.5, 0.6) is 0 Å². The number of halogens is 2. The Bertz CT molecular complexity index is 491. The Morgan fingerprint density at radius 1 is 1.47 bits per heavy atom. The highest BCUT2D eigenvalue weighted by Gasteiger charge is 2.16. The number of rotatable bonds is 2. The lowest BCUT2D eigenvalue weighted by atomic mass is 10.0. The first-order valence-corrected chi connectivity index (χ1v) is 4.69. The molecule has 0 spiro atoms. The fraction of sp³-hybridized carbons (Fsp3) is 0.273. The average molecular weight is 211 g/mol. The van der Waals surface area contributed by atoms with E-state index in [1.54, 1.807) is 6.92 Å². The lowest BCUT2D eigenvalue weighted by Gasteiger charge is -2.08. The van der Waals surface area contributed by atoms with Crippen LogP contribution in [0.25, 0.3) is 11.0 Å². The van der Waals surface area contributed by atoms with Crippen molar-refractivity contribution in [2.75, 3.05) is 0 Å². The Kier molecular flexibility index (Phi) is 2.44. The monoisotopic (exact) mass is 211 g/mol. The summed E-state index contributed by atoms with van der Waals surface area (Å²) >= 11 is 0. The summed E-state index contributed by atoms with van der Waals surface area (Å²) in [7, 11) is 0. The molecule has 4 heteroatoms. The van der Waals surface area contributed by atoms with Crippen LogP contribution in [-0.4, -0.2) is 6.04 Å². The van der Waals surface area contributed by atoms with Crippen molar-refractivity contribution in [3.05, 3.63) is 35.6 Å². The Balaban J connectivity index is 2.61. The summed E-state index contributed by atoms with van der Waals surface area (Å²) < 4.78 is 32.2. The van der Waals surface area contributed by atoms with Crippen LogP contribution in [0.3, 0.4) is 0 Å². The maximum absolute atomic E-state index is 13.8. The molecule has 1 heterocycles. The van der Waals surface area contributed by atoms with Gasteiger partial charge in [-0.2, -0.15) is 0 Å². The van der Waals surface area contributed by atoms with E-state index in [-0.39, 0.29) is 23.6 Å². The van der Waals surface area contributed by atoms with Crippen molar-refractivity contribution in [3.8, 4) is 0 Å². The summed E-state index contributed by atoms with van der Waals surface area (Å²) in [5.41, 5.74) is 5.77. The molecule has 1 unspecified atom stereocenters. The van der Waals surface area contributed by atoms with Gasteiger partial charge in [-0.1, -0.05) is 0 Å². The van der Waals surface area contributed by atoms with Gasteiger partial charge < -0.3 is 10.2 Å². The molecule has 0 saturated heterocycles. The van der Waals surface area contributed by atoms with Crippen molar-refractivity contribution in [3.63, 3.8) is 0 Å². The fourth-order valence-electron chi connectivity index (χ4n) is 1.59. The van der Waals surface area contributed by atoms with Gasteiger partial charge in [0.05, 0.1) is 11.6 Å².